The van der Waals surface area contributed by atoms with E-state index in [2.05, 4.69) is 21.4 Å². The summed E-state index contributed by atoms with van der Waals surface area (Å²) >= 11 is 0. The third-order valence-electron chi connectivity index (χ3n) is 3.51. The Kier molecular flexibility index (Phi) is 3.94. The topological polar surface area (TPSA) is 47.0 Å². The second-order valence-corrected chi connectivity index (χ2v) is 4.65. The number of hydrogen-bond donors (Lipinski definition) is 1. The van der Waals surface area contributed by atoms with Crippen LogP contribution in [0.3, 0.4) is 0 Å². The molecule has 94 valence electrons. The summed E-state index contributed by atoms with van der Waals surface area (Å²) < 4.78 is 5.30. The third-order valence-corrected chi connectivity index (χ3v) is 3.51. The molecule has 0 saturated heterocycles. The molecule has 1 atom stereocenters. The lowest BCUT2D eigenvalue weighted by Crippen LogP contribution is -2.09. The monoisotopic (exact) mass is 235 g/mol. The first kappa shape index (κ1) is 12.3. The summed E-state index contributed by atoms with van der Waals surface area (Å²) in [6.07, 6.45) is 5.09. The molecule has 1 N–H and O–H groups in total. The van der Waals surface area contributed by atoms with E-state index >= 15 is 0 Å². The van der Waals surface area contributed by atoms with Crippen LogP contribution in [0.2, 0.25) is 0 Å². The Morgan fingerprint density at radius 1 is 1.35 bits per heavy atom. The molecule has 1 fully saturated rings. The van der Waals surface area contributed by atoms with Crippen molar-refractivity contribution >= 4 is 5.82 Å². The van der Waals surface area contributed by atoms with E-state index in [0.29, 0.717) is 5.92 Å². The van der Waals surface area contributed by atoms with Crippen LogP contribution in [-0.4, -0.2) is 24.1 Å². The third kappa shape index (κ3) is 2.75. The molecule has 1 aromatic heterocycles. The van der Waals surface area contributed by atoms with E-state index in [1.54, 1.807) is 7.11 Å². The van der Waals surface area contributed by atoms with Crippen molar-refractivity contribution in [3.05, 3.63) is 17.6 Å². The maximum atomic E-state index is 5.30. The number of aromatic nitrogens is 2. The zero-order chi connectivity index (χ0) is 12.3. The van der Waals surface area contributed by atoms with Crippen molar-refractivity contribution in [3.63, 3.8) is 0 Å². The molecule has 1 aliphatic rings. The van der Waals surface area contributed by atoms with E-state index in [1.807, 2.05) is 14.0 Å². The molecule has 1 aromatic rings. The van der Waals surface area contributed by atoms with Crippen LogP contribution in [0.4, 0.5) is 5.82 Å². The highest BCUT2D eigenvalue weighted by Gasteiger charge is 2.21. The summed E-state index contributed by atoms with van der Waals surface area (Å²) in [7, 11) is 3.58. The maximum Gasteiger partial charge on any atom is 0.159 e. The first-order valence-electron chi connectivity index (χ1n) is 6.34. The van der Waals surface area contributed by atoms with Crippen LogP contribution in [0, 0.1) is 0 Å². The van der Waals surface area contributed by atoms with Crippen LogP contribution in [0.25, 0.3) is 0 Å². The van der Waals surface area contributed by atoms with E-state index in [-0.39, 0.29) is 6.10 Å². The minimum atomic E-state index is -0.0524. The molecule has 1 saturated carbocycles. The standard InChI is InChI=1S/C13H21N3O/c1-9(17-3)13-15-11(8-12(14-2)16-13)10-6-4-5-7-10/h8-10H,4-7H2,1-3H3,(H,14,15,16). The van der Waals surface area contributed by atoms with Gasteiger partial charge in [-0.25, -0.2) is 9.97 Å². The minimum Gasteiger partial charge on any atom is -0.374 e. The van der Waals surface area contributed by atoms with E-state index in [9.17, 15) is 0 Å². The van der Waals surface area contributed by atoms with Crippen LogP contribution < -0.4 is 5.32 Å². The number of nitrogens with one attached hydrogen (secondary N) is 1. The van der Waals surface area contributed by atoms with Crippen molar-refractivity contribution in [2.24, 2.45) is 0 Å². The number of hydrogen-bond acceptors (Lipinski definition) is 4. The second-order valence-electron chi connectivity index (χ2n) is 4.65. The summed E-state index contributed by atoms with van der Waals surface area (Å²) in [6.45, 7) is 1.98. The maximum absolute atomic E-state index is 5.30. The van der Waals surface area contributed by atoms with Gasteiger partial charge >= 0.3 is 0 Å². The van der Waals surface area contributed by atoms with Gasteiger partial charge < -0.3 is 10.1 Å². The van der Waals surface area contributed by atoms with Crippen molar-refractivity contribution in [3.8, 4) is 0 Å². The zero-order valence-electron chi connectivity index (χ0n) is 10.9. The number of nitrogens with zero attached hydrogens (tertiary/aromatic N) is 2. The molecule has 0 radical (unpaired) electrons. The van der Waals surface area contributed by atoms with Gasteiger partial charge in [-0.3, -0.25) is 0 Å². The molecule has 1 unspecified atom stereocenters. The van der Waals surface area contributed by atoms with Crippen molar-refractivity contribution in [1.29, 1.82) is 0 Å². The Bertz CT molecular complexity index is 375. The van der Waals surface area contributed by atoms with Gasteiger partial charge in [-0.05, 0) is 19.8 Å². The van der Waals surface area contributed by atoms with Crippen LogP contribution in [0.15, 0.2) is 6.07 Å². The zero-order valence-corrected chi connectivity index (χ0v) is 10.9. The fourth-order valence-corrected chi connectivity index (χ4v) is 2.33. The van der Waals surface area contributed by atoms with Gasteiger partial charge in [-0.2, -0.15) is 0 Å². The van der Waals surface area contributed by atoms with E-state index in [1.165, 1.54) is 31.4 Å². The molecular formula is C13H21N3O. The Morgan fingerprint density at radius 3 is 2.65 bits per heavy atom. The van der Waals surface area contributed by atoms with Gasteiger partial charge in [-0.15, -0.1) is 0 Å². The Labute approximate surface area is 103 Å². The number of ether oxygens (including phenoxy) is 1. The summed E-state index contributed by atoms with van der Waals surface area (Å²) in [6, 6.07) is 2.07. The lowest BCUT2D eigenvalue weighted by atomic mass is 10.0. The average Bonchev–Trinajstić information content (AvgIpc) is 2.91. The first-order chi connectivity index (χ1) is 8.24. The van der Waals surface area contributed by atoms with Gasteiger partial charge in [0.1, 0.15) is 11.9 Å². The number of anilines is 1. The van der Waals surface area contributed by atoms with Crippen molar-refractivity contribution in [2.45, 2.75) is 44.6 Å². The molecule has 4 nitrogen and oxygen atoms in total. The molecule has 0 aliphatic heterocycles. The van der Waals surface area contributed by atoms with Gasteiger partial charge in [-0.1, -0.05) is 12.8 Å². The normalized spacial score (nSPS) is 18.3. The van der Waals surface area contributed by atoms with Crippen LogP contribution in [0.5, 0.6) is 0 Å². The Balaban J connectivity index is 2.30. The van der Waals surface area contributed by atoms with Crippen LogP contribution in [-0.2, 0) is 4.74 Å². The van der Waals surface area contributed by atoms with Crippen molar-refractivity contribution < 1.29 is 4.74 Å². The van der Waals surface area contributed by atoms with Crippen molar-refractivity contribution in [2.75, 3.05) is 19.5 Å². The van der Waals surface area contributed by atoms with Gasteiger partial charge in [0.2, 0.25) is 0 Å². The highest BCUT2D eigenvalue weighted by Crippen LogP contribution is 2.34. The van der Waals surface area contributed by atoms with Gasteiger partial charge in [0.25, 0.3) is 0 Å². The Morgan fingerprint density at radius 2 is 2.06 bits per heavy atom. The van der Waals surface area contributed by atoms with Crippen LogP contribution >= 0.6 is 0 Å². The molecule has 2 rings (SSSR count). The minimum absolute atomic E-state index is 0.0524. The lowest BCUT2D eigenvalue weighted by Gasteiger charge is -2.15. The fraction of sp³-hybridized carbons (Fsp3) is 0.692. The van der Waals surface area contributed by atoms with Gasteiger partial charge in [0, 0.05) is 31.8 Å². The molecule has 1 heterocycles. The number of rotatable bonds is 4. The first-order valence-corrected chi connectivity index (χ1v) is 6.34. The molecule has 0 aromatic carbocycles. The highest BCUT2D eigenvalue weighted by molar-refractivity contribution is 5.36. The van der Waals surface area contributed by atoms with E-state index in [0.717, 1.165) is 11.6 Å². The van der Waals surface area contributed by atoms with Crippen LogP contribution in [0.1, 0.15) is 56.1 Å². The molecule has 1 aliphatic carbocycles. The number of methoxy groups -OCH3 is 1. The molecule has 0 spiro atoms. The Hall–Kier alpha value is -1.16. The quantitative estimate of drug-likeness (QED) is 0.871. The largest absolute Gasteiger partial charge is 0.374 e. The fourth-order valence-electron chi connectivity index (χ4n) is 2.33. The van der Waals surface area contributed by atoms with Gasteiger partial charge in [0.15, 0.2) is 5.82 Å². The van der Waals surface area contributed by atoms with E-state index in [4.69, 9.17) is 4.74 Å². The molecular weight excluding hydrogens is 214 g/mol. The average molecular weight is 235 g/mol. The molecule has 17 heavy (non-hydrogen) atoms. The summed E-state index contributed by atoms with van der Waals surface area (Å²) in [5.74, 6) is 2.27. The summed E-state index contributed by atoms with van der Waals surface area (Å²) in [5, 5.41) is 3.10. The lowest BCUT2D eigenvalue weighted by molar-refractivity contribution is 0.112. The molecule has 0 amide bonds. The second kappa shape index (κ2) is 5.45. The smallest absolute Gasteiger partial charge is 0.159 e. The highest BCUT2D eigenvalue weighted by atomic mass is 16.5. The SMILES string of the molecule is CNc1cc(C2CCCC2)nc(C(C)OC)n1. The van der Waals surface area contributed by atoms with Crippen molar-refractivity contribution in [1.82, 2.24) is 9.97 Å². The summed E-state index contributed by atoms with van der Waals surface area (Å²) in [4.78, 5) is 9.10. The van der Waals surface area contributed by atoms with E-state index < -0.39 is 0 Å². The predicted molar refractivity (Wildman–Crippen MR) is 68.2 cm³/mol. The van der Waals surface area contributed by atoms with Gasteiger partial charge in [0.05, 0.1) is 0 Å². The predicted octanol–water partition coefficient (Wildman–Crippen LogP) is 2.88. The summed E-state index contributed by atoms with van der Waals surface area (Å²) in [5.41, 5.74) is 1.17. The molecule has 4 heteroatoms. The molecule has 0 bridgehead atoms.